The van der Waals surface area contributed by atoms with Crippen molar-refractivity contribution in [1.82, 2.24) is 4.98 Å². The molecule has 0 radical (unpaired) electrons. The Morgan fingerprint density at radius 3 is 3.00 bits per heavy atom. The van der Waals surface area contributed by atoms with Crippen molar-refractivity contribution in [1.29, 1.82) is 5.26 Å². The van der Waals surface area contributed by atoms with Crippen molar-refractivity contribution in [2.45, 2.75) is 0 Å². The van der Waals surface area contributed by atoms with Gasteiger partial charge in [0.25, 0.3) is 0 Å². The molecule has 0 fully saturated rings. The minimum absolute atomic E-state index is 0.294. The fraction of sp³-hybridized carbons (Fsp3) is 0. The lowest BCUT2D eigenvalue weighted by Gasteiger charge is -1.92. The third-order valence-electron chi connectivity index (χ3n) is 1.62. The predicted octanol–water partition coefficient (Wildman–Crippen LogP) is 2.97. The van der Waals surface area contributed by atoms with Crippen LogP contribution in [0.2, 0.25) is 0 Å². The molecule has 0 bridgehead atoms. The van der Waals surface area contributed by atoms with E-state index in [2.05, 4.69) is 4.98 Å². The van der Waals surface area contributed by atoms with Gasteiger partial charge in [0.2, 0.25) is 0 Å². The fourth-order valence-electron chi connectivity index (χ4n) is 1.11. The molecule has 0 spiro atoms. The molecule has 1 heterocycles. The molecule has 2 nitrogen and oxygen atoms in total. The van der Waals surface area contributed by atoms with Crippen molar-refractivity contribution in [3.8, 4) is 6.07 Å². The Bertz CT molecular complexity index is 562. The van der Waals surface area contributed by atoms with Gasteiger partial charge in [0.1, 0.15) is 11.9 Å². The smallest absolute Gasteiger partial charge is 0.159 e. The van der Waals surface area contributed by atoms with E-state index in [0.29, 0.717) is 19.7 Å². The van der Waals surface area contributed by atoms with E-state index in [1.54, 1.807) is 0 Å². The van der Waals surface area contributed by atoms with E-state index in [1.807, 2.05) is 6.07 Å². The zero-order chi connectivity index (χ0) is 9.42. The van der Waals surface area contributed by atoms with Crippen molar-refractivity contribution in [2.75, 3.05) is 0 Å². The Morgan fingerprint density at radius 2 is 2.31 bits per heavy atom. The molecule has 0 atom stereocenters. The van der Waals surface area contributed by atoms with Gasteiger partial charge >= 0.3 is 0 Å². The van der Waals surface area contributed by atoms with Crippen LogP contribution in [0.1, 0.15) is 5.56 Å². The zero-order valence-electron chi connectivity index (χ0n) is 6.30. The first-order valence-electron chi connectivity index (χ1n) is 3.43. The van der Waals surface area contributed by atoms with Crippen molar-refractivity contribution < 1.29 is 4.39 Å². The number of hydrogen-bond acceptors (Lipinski definition) is 3. The van der Waals surface area contributed by atoms with Gasteiger partial charge in [0.15, 0.2) is 3.95 Å². The zero-order valence-corrected chi connectivity index (χ0v) is 7.93. The summed E-state index contributed by atoms with van der Waals surface area (Å²) < 4.78 is 14.1. The molecule has 1 aromatic carbocycles. The van der Waals surface area contributed by atoms with E-state index in [9.17, 15) is 4.39 Å². The average molecular weight is 210 g/mol. The van der Waals surface area contributed by atoms with Gasteiger partial charge in [-0.3, -0.25) is 0 Å². The summed E-state index contributed by atoms with van der Waals surface area (Å²) in [5, 5.41) is 8.70. The number of halogens is 1. The fourth-order valence-corrected chi connectivity index (χ4v) is 2.27. The van der Waals surface area contributed by atoms with E-state index < -0.39 is 5.82 Å². The summed E-state index contributed by atoms with van der Waals surface area (Å²) in [6.45, 7) is 0. The summed E-state index contributed by atoms with van der Waals surface area (Å²) in [6, 6.07) is 4.48. The molecule has 5 heteroatoms. The molecule has 0 unspecified atom stereocenters. The van der Waals surface area contributed by atoms with Gasteiger partial charge in [-0.2, -0.15) is 5.26 Å². The van der Waals surface area contributed by atoms with Gasteiger partial charge < -0.3 is 4.98 Å². The first kappa shape index (κ1) is 8.35. The summed E-state index contributed by atoms with van der Waals surface area (Å²) in [5.41, 5.74) is 0.918. The highest BCUT2D eigenvalue weighted by Gasteiger charge is 2.05. The molecule has 1 N–H and O–H groups in total. The quantitative estimate of drug-likeness (QED) is 0.679. The topological polar surface area (TPSA) is 39.6 Å². The number of hydrogen-bond donors (Lipinski definition) is 1. The molecule has 13 heavy (non-hydrogen) atoms. The van der Waals surface area contributed by atoms with Crippen LogP contribution in [0, 0.1) is 21.1 Å². The summed E-state index contributed by atoms with van der Waals surface area (Å²) in [6.07, 6.45) is 0. The van der Waals surface area contributed by atoms with E-state index in [4.69, 9.17) is 17.5 Å². The average Bonchev–Trinajstić information content (AvgIpc) is 2.43. The van der Waals surface area contributed by atoms with Gasteiger partial charge in [0, 0.05) is 0 Å². The third kappa shape index (κ3) is 1.34. The standard InChI is InChI=1S/C8H3FN2S2/c9-5-1-4(3-10)7-6(2-5)13-8(12)11-7/h1-2H,(H,11,12). The number of aromatic nitrogens is 1. The molecule has 64 valence electrons. The molecule has 1 aromatic heterocycles. The highest BCUT2D eigenvalue weighted by Crippen LogP contribution is 2.23. The summed E-state index contributed by atoms with van der Waals surface area (Å²) in [5.74, 6) is -0.408. The number of aromatic amines is 1. The number of fused-ring (bicyclic) bond motifs is 1. The Hall–Kier alpha value is -1.25. The number of nitriles is 1. The SMILES string of the molecule is N#Cc1cc(F)cc2sc(=S)[nH]c12. The molecule has 0 aliphatic carbocycles. The highest BCUT2D eigenvalue weighted by atomic mass is 32.1. The molecule has 0 amide bonds. The van der Waals surface area contributed by atoms with Gasteiger partial charge in [-0.1, -0.05) is 0 Å². The molecular weight excluding hydrogens is 207 g/mol. The second-order valence-corrected chi connectivity index (χ2v) is 4.17. The van der Waals surface area contributed by atoms with Crippen molar-refractivity contribution in [3.05, 3.63) is 27.5 Å². The Balaban J connectivity index is 2.98. The van der Waals surface area contributed by atoms with Crippen molar-refractivity contribution >= 4 is 33.8 Å². The van der Waals surface area contributed by atoms with Crippen molar-refractivity contribution in [2.24, 2.45) is 0 Å². The number of nitrogens with one attached hydrogen (secondary N) is 1. The summed E-state index contributed by atoms with van der Waals surface area (Å²) >= 11 is 6.16. The van der Waals surface area contributed by atoms with Crippen LogP contribution in [0.5, 0.6) is 0 Å². The van der Waals surface area contributed by atoms with Gasteiger partial charge in [-0.05, 0) is 24.4 Å². The van der Waals surface area contributed by atoms with E-state index in [0.717, 1.165) is 0 Å². The molecule has 0 saturated heterocycles. The Labute approximate surface area is 82.3 Å². The molecule has 2 rings (SSSR count). The maximum Gasteiger partial charge on any atom is 0.159 e. The maximum absolute atomic E-state index is 12.9. The van der Waals surface area contributed by atoms with Gasteiger partial charge in [-0.25, -0.2) is 4.39 Å². The van der Waals surface area contributed by atoms with Crippen LogP contribution < -0.4 is 0 Å². The Kier molecular flexibility index (Phi) is 1.87. The largest absolute Gasteiger partial charge is 0.336 e. The summed E-state index contributed by atoms with van der Waals surface area (Å²) in [4.78, 5) is 2.85. The molecule has 0 aliphatic heterocycles. The number of H-pyrrole nitrogens is 1. The molecule has 0 saturated carbocycles. The maximum atomic E-state index is 12.9. The number of thiazole rings is 1. The number of rotatable bonds is 0. The third-order valence-corrected chi connectivity index (χ3v) is 2.80. The predicted molar refractivity (Wildman–Crippen MR) is 51.7 cm³/mol. The lowest BCUT2D eigenvalue weighted by molar-refractivity contribution is 0.629. The normalized spacial score (nSPS) is 10.2. The van der Waals surface area contributed by atoms with Crippen LogP contribution >= 0.6 is 23.6 Å². The van der Waals surface area contributed by atoms with Crippen LogP contribution in [0.3, 0.4) is 0 Å². The van der Waals surface area contributed by atoms with Gasteiger partial charge in [-0.15, -0.1) is 11.3 Å². The summed E-state index contributed by atoms with van der Waals surface area (Å²) in [7, 11) is 0. The minimum Gasteiger partial charge on any atom is -0.336 e. The van der Waals surface area contributed by atoms with E-state index >= 15 is 0 Å². The lowest BCUT2D eigenvalue weighted by atomic mass is 10.2. The monoisotopic (exact) mass is 210 g/mol. The van der Waals surface area contributed by atoms with Crippen LogP contribution in [0.4, 0.5) is 4.39 Å². The molecular formula is C8H3FN2S2. The van der Waals surface area contributed by atoms with Gasteiger partial charge in [0.05, 0.1) is 15.8 Å². The van der Waals surface area contributed by atoms with Crippen LogP contribution in [0.25, 0.3) is 10.2 Å². The van der Waals surface area contributed by atoms with E-state index in [-0.39, 0.29) is 0 Å². The van der Waals surface area contributed by atoms with E-state index in [1.165, 1.54) is 23.5 Å². The Morgan fingerprint density at radius 1 is 1.54 bits per heavy atom. The second-order valence-electron chi connectivity index (χ2n) is 2.45. The van der Waals surface area contributed by atoms with Crippen molar-refractivity contribution in [3.63, 3.8) is 0 Å². The van der Waals surface area contributed by atoms with Crippen LogP contribution in [0.15, 0.2) is 12.1 Å². The van der Waals surface area contributed by atoms with Crippen LogP contribution in [-0.2, 0) is 0 Å². The minimum atomic E-state index is -0.408. The lowest BCUT2D eigenvalue weighted by Crippen LogP contribution is -1.80. The first-order chi connectivity index (χ1) is 6.20. The molecule has 2 aromatic rings. The molecule has 0 aliphatic rings. The second kappa shape index (κ2) is 2.91. The first-order valence-corrected chi connectivity index (χ1v) is 4.65. The number of nitrogens with zero attached hydrogens (tertiary/aromatic N) is 1. The van der Waals surface area contributed by atoms with Crippen LogP contribution in [-0.4, -0.2) is 4.98 Å². The number of benzene rings is 1. The highest BCUT2D eigenvalue weighted by molar-refractivity contribution is 7.73.